The molecular weight excluding hydrogens is 292 g/mol. The van der Waals surface area contributed by atoms with Crippen molar-refractivity contribution in [3.05, 3.63) is 29.1 Å². The van der Waals surface area contributed by atoms with Gasteiger partial charge in [-0.2, -0.15) is 0 Å². The lowest BCUT2D eigenvalue weighted by Gasteiger charge is -2.39. The lowest BCUT2D eigenvalue weighted by atomic mass is 9.84. The molecule has 24 heavy (non-hydrogen) atoms. The van der Waals surface area contributed by atoms with Crippen molar-refractivity contribution in [1.29, 1.82) is 0 Å². The van der Waals surface area contributed by atoms with Crippen LogP contribution in [0, 0.1) is 18.8 Å². The molecule has 4 rings (SSSR count). The normalized spacial score (nSPS) is 31.8. The van der Waals surface area contributed by atoms with E-state index in [1.54, 1.807) is 0 Å². The Morgan fingerprint density at radius 3 is 2.33 bits per heavy atom. The first-order valence-electron chi connectivity index (χ1n) is 10.1. The molecule has 2 unspecified atom stereocenters. The van der Waals surface area contributed by atoms with Crippen molar-refractivity contribution in [3.8, 4) is 0 Å². The highest BCUT2D eigenvalue weighted by Gasteiger charge is 2.43. The Labute approximate surface area is 148 Å². The summed E-state index contributed by atoms with van der Waals surface area (Å²) in [7, 11) is 0. The average molecular weight is 327 g/mol. The SMILES string of the molecule is Cc1cc(C(C)(C)C)cnc1C1CCN([C@H]2CC3CCC2C3)CC1. The van der Waals surface area contributed by atoms with Crippen molar-refractivity contribution < 1.29 is 0 Å². The molecule has 1 aromatic rings. The van der Waals surface area contributed by atoms with E-state index in [9.17, 15) is 0 Å². The van der Waals surface area contributed by atoms with Crippen LogP contribution in [0.4, 0.5) is 0 Å². The number of pyridine rings is 1. The maximum Gasteiger partial charge on any atom is 0.0464 e. The van der Waals surface area contributed by atoms with E-state index in [0.29, 0.717) is 5.92 Å². The van der Waals surface area contributed by atoms with Gasteiger partial charge in [0.2, 0.25) is 0 Å². The number of hydrogen-bond donors (Lipinski definition) is 0. The van der Waals surface area contributed by atoms with Crippen molar-refractivity contribution in [1.82, 2.24) is 9.88 Å². The molecule has 3 atom stereocenters. The maximum atomic E-state index is 4.91. The summed E-state index contributed by atoms with van der Waals surface area (Å²) in [6, 6.07) is 3.30. The number of aryl methyl sites for hydroxylation is 1. The summed E-state index contributed by atoms with van der Waals surface area (Å²) in [5.74, 6) is 2.76. The van der Waals surface area contributed by atoms with E-state index in [-0.39, 0.29) is 5.41 Å². The third-order valence-corrected chi connectivity index (χ3v) is 7.07. The standard InChI is InChI=1S/C22H34N2/c1-15-11-19(22(2,3)4)14-23-21(15)17-7-9-24(10-8-17)20-13-16-5-6-18(20)12-16/h11,14,16-18,20H,5-10,12-13H2,1-4H3/t16?,18?,20-/m0/s1. The van der Waals surface area contributed by atoms with Crippen LogP contribution in [0.2, 0.25) is 0 Å². The highest BCUT2D eigenvalue weighted by Crippen LogP contribution is 2.47. The fourth-order valence-electron chi connectivity index (χ4n) is 5.59. The van der Waals surface area contributed by atoms with Gasteiger partial charge in [-0.25, -0.2) is 0 Å². The summed E-state index contributed by atoms with van der Waals surface area (Å²) in [6.07, 6.45) is 10.8. The zero-order valence-corrected chi connectivity index (χ0v) is 16.0. The second kappa shape index (κ2) is 6.12. The van der Waals surface area contributed by atoms with E-state index in [1.807, 2.05) is 0 Å². The number of piperidine rings is 1. The third-order valence-electron chi connectivity index (χ3n) is 7.07. The highest BCUT2D eigenvalue weighted by atomic mass is 15.2. The first-order chi connectivity index (χ1) is 11.4. The molecule has 2 saturated carbocycles. The van der Waals surface area contributed by atoms with E-state index >= 15 is 0 Å². The van der Waals surface area contributed by atoms with Crippen molar-refractivity contribution >= 4 is 0 Å². The van der Waals surface area contributed by atoms with Crippen LogP contribution in [0.25, 0.3) is 0 Å². The molecule has 1 aliphatic heterocycles. The molecule has 2 aliphatic carbocycles. The molecule has 0 aromatic carbocycles. The quantitative estimate of drug-likeness (QED) is 0.755. The van der Waals surface area contributed by atoms with E-state index in [1.165, 1.54) is 68.4 Å². The maximum absolute atomic E-state index is 4.91. The van der Waals surface area contributed by atoms with Crippen molar-refractivity contribution in [3.63, 3.8) is 0 Å². The van der Waals surface area contributed by atoms with E-state index in [2.05, 4.69) is 44.9 Å². The molecule has 3 fully saturated rings. The van der Waals surface area contributed by atoms with Crippen LogP contribution in [0.5, 0.6) is 0 Å². The Hall–Kier alpha value is -0.890. The number of nitrogens with zero attached hydrogens (tertiary/aromatic N) is 2. The van der Waals surface area contributed by atoms with Crippen LogP contribution in [-0.4, -0.2) is 29.0 Å². The van der Waals surface area contributed by atoms with Gasteiger partial charge in [0.25, 0.3) is 0 Å². The average Bonchev–Trinajstić information content (AvgIpc) is 3.17. The van der Waals surface area contributed by atoms with Crippen LogP contribution in [0.15, 0.2) is 12.3 Å². The molecular formula is C22H34N2. The number of aromatic nitrogens is 1. The zero-order valence-electron chi connectivity index (χ0n) is 16.0. The second-order valence-electron chi connectivity index (χ2n) is 9.73. The summed E-state index contributed by atoms with van der Waals surface area (Å²) >= 11 is 0. The zero-order chi connectivity index (χ0) is 16.9. The van der Waals surface area contributed by atoms with Gasteiger partial charge in [-0.15, -0.1) is 0 Å². The Morgan fingerprint density at radius 1 is 1.04 bits per heavy atom. The molecule has 2 nitrogen and oxygen atoms in total. The highest BCUT2D eigenvalue weighted by molar-refractivity contribution is 5.30. The molecule has 132 valence electrons. The monoisotopic (exact) mass is 326 g/mol. The van der Waals surface area contributed by atoms with Crippen LogP contribution in [0.3, 0.4) is 0 Å². The minimum absolute atomic E-state index is 0.196. The topological polar surface area (TPSA) is 16.1 Å². The lowest BCUT2D eigenvalue weighted by molar-refractivity contribution is 0.110. The molecule has 3 aliphatic rings. The summed E-state index contributed by atoms with van der Waals surface area (Å²) in [4.78, 5) is 7.74. The predicted molar refractivity (Wildman–Crippen MR) is 100 cm³/mol. The third kappa shape index (κ3) is 3.03. The number of rotatable bonds is 2. The Morgan fingerprint density at radius 2 is 1.79 bits per heavy atom. The lowest BCUT2D eigenvalue weighted by Crippen LogP contribution is -2.43. The van der Waals surface area contributed by atoms with Gasteiger partial charge >= 0.3 is 0 Å². The Kier molecular flexibility index (Phi) is 4.23. The van der Waals surface area contributed by atoms with Crippen LogP contribution in [-0.2, 0) is 5.41 Å². The van der Waals surface area contributed by atoms with Crippen LogP contribution < -0.4 is 0 Å². The van der Waals surface area contributed by atoms with Gasteiger partial charge in [0, 0.05) is 23.9 Å². The van der Waals surface area contributed by atoms with Gasteiger partial charge in [0.05, 0.1) is 0 Å². The molecule has 2 heteroatoms. The molecule has 1 aromatic heterocycles. The number of fused-ring (bicyclic) bond motifs is 2. The van der Waals surface area contributed by atoms with Crippen LogP contribution in [0.1, 0.15) is 82.0 Å². The summed E-state index contributed by atoms with van der Waals surface area (Å²) in [5.41, 5.74) is 4.33. The smallest absolute Gasteiger partial charge is 0.0464 e. The van der Waals surface area contributed by atoms with Gasteiger partial charge in [-0.3, -0.25) is 4.98 Å². The van der Waals surface area contributed by atoms with Crippen molar-refractivity contribution in [2.45, 2.75) is 83.6 Å². The van der Waals surface area contributed by atoms with Gasteiger partial charge in [-0.05, 0) is 80.5 Å². The molecule has 2 heterocycles. The van der Waals surface area contributed by atoms with Gasteiger partial charge < -0.3 is 4.90 Å². The summed E-state index contributed by atoms with van der Waals surface area (Å²) < 4.78 is 0. The van der Waals surface area contributed by atoms with E-state index < -0.39 is 0 Å². The fraction of sp³-hybridized carbons (Fsp3) is 0.773. The largest absolute Gasteiger partial charge is 0.300 e. The Bertz CT molecular complexity index is 592. The first kappa shape index (κ1) is 16.6. The van der Waals surface area contributed by atoms with Gasteiger partial charge in [0.1, 0.15) is 0 Å². The molecule has 2 bridgehead atoms. The first-order valence-corrected chi connectivity index (χ1v) is 10.1. The van der Waals surface area contributed by atoms with E-state index in [0.717, 1.165) is 17.9 Å². The Balaban J connectivity index is 1.41. The fourth-order valence-corrected chi connectivity index (χ4v) is 5.59. The second-order valence-corrected chi connectivity index (χ2v) is 9.73. The van der Waals surface area contributed by atoms with Crippen molar-refractivity contribution in [2.75, 3.05) is 13.1 Å². The van der Waals surface area contributed by atoms with Crippen LogP contribution >= 0.6 is 0 Å². The number of likely N-dealkylation sites (tertiary alicyclic amines) is 1. The predicted octanol–water partition coefficient (Wildman–Crippen LogP) is 5.06. The van der Waals surface area contributed by atoms with Gasteiger partial charge in [0.15, 0.2) is 0 Å². The molecule has 1 saturated heterocycles. The molecule has 0 N–H and O–H groups in total. The number of hydrogen-bond acceptors (Lipinski definition) is 2. The summed E-state index contributed by atoms with van der Waals surface area (Å²) in [5, 5.41) is 0. The van der Waals surface area contributed by atoms with Crippen molar-refractivity contribution in [2.24, 2.45) is 11.8 Å². The molecule has 0 radical (unpaired) electrons. The summed E-state index contributed by atoms with van der Waals surface area (Å²) in [6.45, 7) is 11.7. The minimum atomic E-state index is 0.196. The minimum Gasteiger partial charge on any atom is -0.300 e. The van der Waals surface area contributed by atoms with Gasteiger partial charge in [-0.1, -0.05) is 33.3 Å². The van der Waals surface area contributed by atoms with E-state index in [4.69, 9.17) is 4.98 Å². The molecule has 0 spiro atoms. The molecule has 0 amide bonds.